The second-order valence-electron chi connectivity index (χ2n) is 4.79. The van der Waals surface area contributed by atoms with Gasteiger partial charge in [0, 0.05) is 19.5 Å². The first-order valence-corrected chi connectivity index (χ1v) is 7.41. The van der Waals surface area contributed by atoms with Crippen LogP contribution < -0.4 is 5.69 Å². The van der Waals surface area contributed by atoms with E-state index in [1.165, 1.54) is 10.6 Å². The summed E-state index contributed by atoms with van der Waals surface area (Å²) in [5, 5.41) is 15.2. The Morgan fingerprint density at radius 2 is 2.00 bits per heavy atom. The second-order valence-corrected chi connectivity index (χ2v) is 5.60. The summed E-state index contributed by atoms with van der Waals surface area (Å²) in [6.07, 6.45) is 2.50. The quantitative estimate of drug-likeness (QED) is 0.616. The molecular weight excluding hydrogens is 331 g/mol. The number of rotatable bonds is 5. The summed E-state index contributed by atoms with van der Waals surface area (Å²) >= 11 is 11.9. The Bertz CT molecular complexity index is 782. The molecule has 2 rings (SSSR count). The van der Waals surface area contributed by atoms with Crippen LogP contribution >= 0.6 is 23.2 Å². The van der Waals surface area contributed by atoms with Crippen molar-refractivity contribution in [2.24, 2.45) is 7.05 Å². The van der Waals surface area contributed by atoms with Crippen molar-refractivity contribution in [2.45, 2.75) is 26.2 Å². The Hall–Kier alpha value is -1.86. The van der Waals surface area contributed by atoms with Crippen LogP contribution in [-0.4, -0.2) is 19.3 Å². The van der Waals surface area contributed by atoms with Crippen molar-refractivity contribution in [3.05, 3.63) is 48.6 Å². The minimum absolute atomic E-state index is 0.0889. The van der Waals surface area contributed by atoms with Gasteiger partial charge in [-0.2, -0.15) is 4.68 Å². The van der Waals surface area contributed by atoms with Crippen LogP contribution in [0.3, 0.4) is 0 Å². The first-order chi connectivity index (χ1) is 10.4. The van der Waals surface area contributed by atoms with Gasteiger partial charge in [-0.3, -0.25) is 14.7 Å². The van der Waals surface area contributed by atoms with Crippen LogP contribution in [0.25, 0.3) is 5.69 Å². The van der Waals surface area contributed by atoms with Crippen molar-refractivity contribution >= 4 is 28.9 Å². The standard InChI is InChI=1S/C13H14Cl2N4O3/c1-3-4-5-12-16-18(13(20)17(12)2)10-7-11(19(21)22)9(15)6-8(10)14/h6-7H,3-5H2,1-2H3. The lowest BCUT2D eigenvalue weighted by molar-refractivity contribution is -0.384. The van der Waals surface area contributed by atoms with E-state index in [-0.39, 0.29) is 21.4 Å². The Labute approximate surface area is 136 Å². The lowest BCUT2D eigenvalue weighted by Crippen LogP contribution is -2.22. The lowest BCUT2D eigenvalue weighted by atomic mass is 10.2. The average Bonchev–Trinajstić information content (AvgIpc) is 2.73. The van der Waals surface area contributed by atoms with Gasteiger partial charge in [-0.15, -0.1) is 5.10 Å². The lowest BCUT2D eigenvalue weighted by Gasteiger charge is -2.04. The molecule has 1 aromatic carbocycles. The molecule has 9 heteroatoms. The van der Waals surface area contributed by atoms with E-state index in [1.807, 2.05) is 6.92 Å². The summed E-state index contributed by atoms with van der Waals surface area (Å²) < 4.78 is 2.48. The molecule has 0 saturated carbocycles. The van der Waals surface area contributed by atoms with Gasteiger partial charge in [0.1, 0.15) is 10.8 Å². The molecule has 0 spiro atoms. The predicted molar refractivity (Wildman–Crippen MR) is 84.1 cm³/mol. The minimum Gasteiger partial charge on any atom is -0.282 e. The fourth-order valence-corrected chi connectivity index (χ4v) is 2.55. The Morgan fingerprint density at radius 1 is 1.32 bits per heavy atom. The van der Waals surface area contributed by atoms with Gasteiger partial charge in [0.15, 0.2) is 0 Å². The number of nitro benzene ring substituents is 1. The van der Waals surface area contributed by atoms with Crippen LogP contribution in [0.1, 0.15) is 25.6 Å². The first-order valence-electron chi connectivity index (χ1n) is 6.65. The van der Waals surface area contributed by atoms with Gasteiger partial charge < -0.3 is 0 Å². The molecule has 0 bridgehead atoms. The fourth-order valence-electron chi connectivity index (χ4n) is 2.02. The van der Waals surface area contributed by atoms with Crippen LogP contribution in [0.15, 0.2) is 16.9 Å². The number of nitro groups is 1. The number of nitrogens with zero attached hydrogens (tertiary/aromatic N) is 4. The Kier molecular flexibility index (Phi) is 4.87. The first kappa shape index (κ1) is 16.5. The van der Waals surface area contributed by atoms with Crippen LogP contribution in [0.4, 0.5) is 5.69 Å². The van der Waals surface area contributed by atoms with Crippen LogP contribution in [-0.2, 0) is 13.5 Å². The summed E-state index contributed by atoms with van der Waals surface area (Å²) in [6, 6.07) is 2.39. The van der Waals surface area contributed by atoms with Crippen molar-refractivity contribution in [1.82, 2.24) is 14.3 Å². The van der Waals surface area contributed by atoms with Gasteiger partial charge in [0.25, 0.3) is 5.69 Å². The normalized spacial score (nSPS) is 10.9. The van der Waals surface area contributed by atoms with Gasteiger partial charge in [-0.05, 0) is 12.5 Å². The topological polar surface area (TPSA) is 83.0 Å². The summed E-state index contributed by atoms with van der Waals surface area (Å²) in [6.45, 7) is 2.04. The van der Waals surface area contributed by atoms with Crippen molar-refractivity contribution in [3.8, 4) is 5.69 Å². The van der Waals surface area contributed by atoms with E-state index >= 15 is 0 Å². The Balaban J connectivity index is 2.59. The third kappa shape index (κ3) is 3.00. The van der Waals surface area contributed by atoms with Gasteiger partial charge in [0.2, 0.25) is 0 Å². The van der Waals surface area contributed by atoms with Gasteiger partial charge in [0.05, 0.1) is 15.6 Å². The van der Waals surface area contributed by atoms with E-state index in [0.29, 0.717) is 12.2 Å². The van der Waals surface area contributed by atoms with E-state index in [1.54, 1.807) is 7.05 Å². The van der Waals surface area contributed by atoms with E-state index < -0.39 is 10.6 Å². The molecule has 22 heavy (non-hydrogen) atoms. The highest BCUT2D eigenvalue weighted by Gasteiger charge is 2.20. The summed E-state index contributed by atoms with van der Waals surface area (Å²) in [7, 11) is 1.61. The molecule has 0 aliphatic heterocycles. The molecule has 0 amide bonds. The largest absolute Gasteiger partial charge is 0.350 e. The van der Waals surface area contributed by atoms with Gasteiger partial charge >= 0.3 is 5.69 Å². The zero-order valence-corrected chi connectivity index (χ0v) is 13.6. The molecule has 0 fully saturated rings. The second kappa shape index (κ2) is 6.50. The zero-order valence-electron chi connectivity index (χ0n) is 12.0. The van der Waals surface area contributed by atoms with E-state index in [9.17, 15) is 14.9 Å². The predicted octanol–water partition coefficient (Wildman–Crippen LogP) is 3.13. The third-order valence-electron chi connectivity index (χ3n) is 3.27. The van der Waals surface area contributed by atoms with Crippen molar-refractivity contribution in [3.63, 3.8) is 0 Å². The van der Waals surface area contributed by atoms with Crippen molar-refractivity contribution < 1.29 is 4.92 Å². The molecule has 0 atom stereocenters. The number of hydrogen-bond donors (Lipinski definition) is 0. The SMILES string of the molecule is CCCCc1nn(-c2cc([N+](=O)[O-])c(Cl)cc2Cl)c(=O)n1C. The fraction of sp³-hybridized carbons (Fsp3) is 0.385. The molecule has 0 aliphatic rings. The highest BCUT2D eigenvalue weighted by atomic mass is 35.5. The van der Waals surface area contributed by atoms with E-state index in [0.717, 1.165) is 23.6 Å². The zero-order chi connectivity index (χ0) is 16.4. The number of aryl methyl sites for hydroxylation is 1. The van der Waals surface area contributed by atoms with Gasteiger partial charge in [-0.1, -0.05) is 36.5 Å². The molecule has 0 aliphatic carbocycles. The number of aromatic nitrogens is 3. The molecule has 1 heterocycles. The smallest absolute Gasteiger partial charge is 0.282 e. The molecule has 0 unspecified atom stereocenters. The highest BCUT2D eigenvalue weighted by molar-refractivity contribution is 6.37. The van der Waals surface area contributed by atoms with E-state index in [4.69, 9.17) is 23.2 Å². The van der Waals surface area contributed by atoms with E-state index in [2.05, 4.69) is 5.10 Å². The maximum Gasteiger partial charge on any atom is 0.350 e. The number of unbranched alkanes of at least 4 members (excludes halogenated alkanes) is 1. The van der Waals surface area contributed by atoms with Crippen LogP contribution in [0, 0.1) is 10.1 Å². The summed E-state index contributed by atoms with van der Waals surface area (Å²) in [4.78, 5) is 22.6. The average molecular weight is 345 g/mol. The molecular formula is C13H14Cl2N4O3. The maximum absolute atomic E-state index is 12.3. The molecule has 1 aromatic heterocycles. The number of halogens is 2. The van der Waals surface area contributed by atoms with Crippen LogP contribution in [0.5, 0.6) is 0 Å². The Morgan fingerprint density at radius 3 is 2.59 bits per heavy atom. The monoisotopic (exact) mass is 344 g/mol. The molecule has 7 nitrogen and oxygen atoms in total. The maximum atomic E-state index is 12.3. The molecule has 0 radical (unpaired) electrons. The minimum atomic E-state index is -0.631. The van der Waals surface area contributed by atoms with Gasteiger partial charge in [-0.25, -0.2) is 4.79 Å². The highest BCUT2D eigenvalue weighted by Crippen LogP contribution is 2.32. The van der Waals surface area contributed by atoms with Crippen LogP contribution in [0.2, 0.25) is 10.0 Å². The molecule has 0 saturated heterocycles. The molecule has 118 valence electrons. The van der Waals surface area contributed by atoms with Crippen molar-refractivity contribution in [1.29, 1.82) is 0 Å². The number of hydrogen-bond acceptors (Lipinski definition) is 4. The summed E-state index contributed by atoms with van der Waals surface area (Å²) in [5.41, 5.74) is -0.598. The third-order valence-corrected chi connectivity index (χ3v) is 3.87. The molecule has 0 N–H and O–H groups in total. The molecule has 2 aromatic rings. The number of benzene rings is 1. The summed E-state index contributed by atoms with van der Waals surface area (Å²) in [5.74, 6) is 0.598. The van der Waals surface area contributed by atoms with Crippen molar-refractivity contribution in [2.75, 3.05) is 0 Å².